The van der Waals surface area contributed by atoms with Crippen molar-refractivity contribution in [2.75, 3.05) is 0 Å². The van der Waals surface area contributed by atoms with E-state index in [1.54, 1.807) is 6.92 Å². The van der Waals surface area contributed by atoms with E-state index in [-0.39, 0.29) is 5.92 Å². The molecule has 0 aliphatic rings. The quantitative estimate of drug-likeness (QED) is 0.824. The molecule has 0 aliphatic carbocycles. The third-order valence-electron chi connectivity index (χ3n) is 2.76. The Morgan fingerprint density at radius 3 is 2.53 bits per heavy atom. The molecule has 1 rings (SSSR count). The van der Waals surface area contributed by atoms with Crippen molar-refractivity contribution in [3.63, 3.8) is 0 Å². The predicted octanol–water partition coefficient (Wildman–Crippen LogP) is 1.78. The van der Waals surface area contributed by atoms with Crippen LogP contribution in [0.25, 0.3) is 0 Å². The minimum atomic E-state index is -0.752. The SMILES string of the molecule is CCn1nc(C)c(CC(C)C(=O)O)c1C. The summed E-state index contributed by atoms with van der Waals surface area (Å²) in [7, 11) is 0. The van der Waals surface area contributed by atoms with Crippen LogP contribution in [0.2, 0.25) is 0 Å². The molecule has 0 fully saturated rings. The van der Waals surface area contributed by atoms with Crippen molar-refractivity contribution in [2.24, 2.45) is 5.92 Å². The molecule has 0 aliphatic heterocycles. The van der Waals surface area contributed by atoms with Gasteiger partial charge in [-0.25, -0.2) is 0 Å². The van der Waals surface area contributed by atoms with Crippen molar-refractivity contribution >= 4 is 5.97 Å². The zero-order valence-corrected chi connectivity index (χ0v) is 9.74. The normalized spacial score (nSPS) is 12.8. The highest BCUT2D eigenvalue weighted by Crippen LogP contribution is 2.17. The maximum atomic E-state index is 10.8. The van der Waals surface area contributed by atoms with Crippen LogP contribution in [0.3, 0.4) is 0 Å². The molecule has 0 saturated carbocycles. The molecule has 0 amide bonds. The number of aromatic nitrogens is 2. The van der Waals surface area contributed by atoms with Gasteiger partial charge in [0.05, 0.1) is 11.6 Å². The molecule has 0 bridgehead atoms. The largest absolute Gasteiger partial charge is 0.481 e. The van der Waals surface area contributed by atoms with Gasteiger partial charge >= 0.3 is 5.97 Å². The summed E-state index contributed by atoms with van der Waals surface area (Å²) in [6.07, 6.45) is 0.562. The Labute approximate surface area is 89.9 Å². The second-order valence-electron chi connectivity index (χ2n) is 3.91. The van der Waals surface area contributed by atoms with Gasteiger partial charge in [0.1, 0.15) is 0 Å². The monoisotopic (exact) mass is 210 g/mol. The summed E-state index contributed by atoms with van der Waals surface area (Å²) in [5.74, 6) is -1.10. The summed E-state index contributed by atoms with van der Waals surface area (Å²) in [6, 6.07) is 0. The smallest absolute Gasteiger partial charge is 0.306 e. The lowest BCUT2D eigenvalue weighted by molar-refractivity contribution is -0.141. The highest BCUT2D eigenvalue weighted by Gasteiger charge is 2.17. The molecule has 84 valence electrons. The molecule has 0 aromatic carbocycles. The standard InChI is InChI=1S/C11H18N2O2/c1-5-13-9(4)10(8(3)12-13)6-7(2)11(14)15/h7H,5-6H2,1-4H3,(H,14,15). The highest BCUT2D eigenvalue weighted by molar-refractivity contribution is 5.70. The Morgan fingerprint density at radius 1 is 1.53 bits per heavy atom. The lowest BCUT2D eigenvalue weighted by Gasteiger charge is -2.06. The summed E-state index contributed by atoms with van der Waals surface area (Å²) < 4.78 is 1.92. The van der Waals surface area contributed by atoms with Gasteiger partial charge in [-0.15, -0.1) is 0 Å². The van der Waals surface area contributed by atoms with E-state index in [2.05, 4.69) is 5.10 Å². The fraction of sp³-hybridized carbons (Fsp3) is 0.636. The Kier molecular flexibility index (Phi) is 3.50. The third-order valence-corrected chi connectivity index (χ3v) is 2.76. The molecule has 4 nitrogen and oxygen atoms in total. The Balaban J connectivity index is 2.94. The molecule has 1 heterocycles. The van der Waals surface area contributed by atoms with Gasteiger partial charge in [-0.1, -0.05) is 6.92 Å². The first-order valence-corrected chi connectivity index (χ1v) is 5.23. The molecule has 1 aromatic heterocycles. The maximum Gasteiger partial charge on any atom is 0.306 e. The topological polar surface area (TPSA) is 55.1 Å². The molecule has 0 spiro atoms. The molecule has 1 N–H and O–H groups in total. The number of hydrogen-bond donors (Lipinski definition) is 1. The fourth-order valence-electron chi connectivity index (χ4n) is 1.73. The second-order valence-corrected chi connectivity index (χ2v) is 3.91. The number of rotatable bonds is 4. The van der Waals surface area contributed by atoms with E-state index in [0.717, 1.165) is 23.5 Å². The molecule has 15 heavy (non-hydrogen) atoms. The van der Waals surface area contributed by atoms with Crippen LogP contribution in [-0.2, 0) is 17.8 Å². The van der Waals surface area contributed by atoms with Gasteiger partial charge in [-0.05, 0) is 32.8 Å². The molecule has 1 aromatic rings. The summed E-state index contributed by atoms with van der Waals surface area (Å²) in [6.45, 7) is 8.51. The summed E-state index contributed by atoms with van der Waals surface area (Å²) in [5, 5.41) is 13.2. The lowest BCUT2D eigenvalue weighted by atomic mass is 10.00. The van der Waals surface area contributed by atoms with Gasteiger partial charge < -0.3 is 5.11 Å². The van der Waals surface area contributed by atoms with Crippen molar-refractivity contribution in [1.29, 1.82) is 0 Å². The van der Waals surface area contributed by atoms with Crippen LogP contribution in [0.15, 0.2) is 0 Å². The van der Waals surface area contributed by atoms with E-state index in [0.29, 0.717) is 6.42 Å². The summed E-state index contributed by atoms with van der Waals surface area (Å²) >= 11 is 0. The molecule has 4 heteroatoms. The van der Waals surface area contributed by atoms with Crippen LogP contribution in [0, 0.1) is 19.8 Å². The van der Waals surface area contributed by atoms with Crippen molar-refractivity contribution < 1.29 is 9.90 Å². The molecular weight excluding hydrogens is 192 g/mol. The zero-order chi connectivity index (χ0) is 11.6. The van der Waals surface area contributed by atoms with Gasteiger partial charge in [0.2, 0.25) is 0 Å². The van der Waals surface area contributed by atoms with Crippen LogP contribution >= 0.6 is 0 Å². The van der Waals surface area contributed by atoms with Crippen molar-refractivity contribution in [3.05, 3.63) is 17.0 Å². The average Bonchev–Trinajstić information content (AvgIpc) is 2.44. The number of aryl methyl sites for hydroxylation is 2. The predicted molar refractivity (Wildman–Crippen MR) is 57.9 cm³/mol. The maximum absolute atomic E-state index is 10.8. The Hall–Kier alpha value is -1.32. The number of carboxylic acid groups (broad SMARTS) is 1. The fourth-order valence-corrected chi connectivity index (χ4v) is 1.73. The third kappa shape index (κ3) is 2.37. The summed E-state index contributed by atoms with van der Waals surface area (Å²) in [4.78, 5) is 10.8. The Morgan fingerprint density at radius 2 is 2.13 bits per heavy atom. The molecular formula is C11H18N2O2. The first kappa shape index (κ1) is 11.8. The van der Waals surface area contributed by atoms with Crippen molar-refractivity contribution in [3.8, 4) is 0 Å². The van der Waals surface area contributed by atoms with Crippen LogP contribution in [0.4, 0.5) is 0 Å². The van der Waals surface area contributed by atoms with Crippen LogP contribution in [0.5, 0.6) is 0 Å². The van der Waals surface area contributed by atoms with E-state index < -0.39 is 5.97 Å². The first-order chi connectivity index (χ1) is 6.97. The number of carbonyl (C=O) groups is 1. The highest BCUT2D eigenvalue weighted by atomic mass is 16.4. The zero-order valence-electron chi connectivity index (χ0n) is 9.74. The molecule has 1 unspecified atom stereocenters. The van der Waals surface area contributed by atoms with E-state index in [4.69, 9.17) is 5.11 Å². The lowest BCUT2D eigenvalue weighted by Crippen LogP contribution is -2.13. The van der Waals surface area contributed by atoms with Crippen LogP contribution in [0.1, 0.15) is 30.8 Å². The van der Waals surface area contributed by atoms with Gasteiger partial charge in [0.15, 0.2) is 0 Å². The Bertz CT molecular complexity index is 369. The summed E-state index contributed by atoms with van der Waals surface area (Å²) in [5.41, 5.74) is 3.11. The minimum Gasteiger partial charge on any atom is -0.481 e. The van der Waals surface area contributed by atoms with Crippen LogP contribution < -0.4 is 0 Å². The minimum absolute atomic E-state index is 0.350. The van der Waals surface area contributed by atoms with Crippen molar-refractivity contribution in [2.45, 2.75) is 40.7 Å². The second kappa shape index (κ2) is 4.47. The number of aliphatic carboxylic acids is 1. The van der Waals surface area contributed by atoms with Gasteiger partial charge in [0, 0.05) is 12.2 Å². The molecule has 1 atom stereocenters. The van der Waals surface area contributed by atoms with Gasteiger partial charge in [-0.2, -0.15) is 5.10 Å². The van der Waals surface area contributed by atoms with Crippen LogP contribution in [-0.4, -0.2) is 20.9 Å². The average molecular weight is 210 g/mol. The van der Waals surface area contributed by atoms with E-state index in [9.17, 15) is 4.79 Å². The van der Waals surface area contributed by atoms with Gasteiger partial charge in [0.25, 0.3) is 0 Å². The first-order valence-electron chi connectivity index (χ1n) is 5.23. The number of hydrogen-bond acceptors (Lipinski definition) is 2. The van der Waals surface area contributed by atoms with Gasteiger partial charge in [-0.3, -0.25) is 9.48 Å². The van der Waals surface area contributed by atoms with E-state index in [1.807, 2.05) is 25.5 Å². The number of nitrogens with zero attached hydrogens (tertiary/aromatic N) is 2. The molecule has 0 radical (unpaired) electrons. The number of carboxylic acids is 1. The van der Waals surface area contributed by atoms with E-state index in [1.165, 1.54) is 0 Å². The van der Waals surface area contributed by atoms with E-state index >= 15 is 0 Å². The molecule has 0 saturated heterocycles. The van der Waals surface area contributed by atoms with Crippen molar-refractivity contribution in [1.82, 2.24) is 9.78 Å².